The minimum absolute atomic E-state index is 0.0199. The molecule has 8 heterocycles. The van der Waals surface area contributed by atoms with Crippen molar-refractivity contribution < 1.29 is 46.9 Å². The number of carbonyl (C=O) groups excluding carboxylic acids is 1. The van der Waals surface area contributed by atoms with Crippen molar-refractivity contribution in [1.82, 2.24) is 29.5 Å². The lowest BCUT2D eigenvalue weighted by atomic mass is 9.59. The molecule has 3 aromatic heterocycles. The number of carbonyl (C=O) groups is 1. The highest BCUT2D eigenvalue weighted by atomic mass is 32.2. The SMILES string of the molecule is COc1c(CN2CCN(C3CC4(CCN(c5ccc(C(=O)NS(=O)(=O)c6ccc(NCC7CCC(C)(O)CC7)c([N+](=O)[O-])c6)c(N6c7cc8cc[nH]c8nc7O[C@H]7COCC[C@@H]76)c5)CC4)C3)[C@@H](c3ccccc3OC(C)C)C2)ccnc1N1CCOCC1. The maximum absolute atomic E-state index is 14.9. The van der Waals surface area contributed by atoms with E-state index in [1.54, 1.807) is 13.2 Å². The van der Waals surface area contributed by atoms with Crippen LogP contribution in [0.2, 0.25) is 0 Å². The van der Waals surface area contributed by atoms with Gasteiger partial charge in [0.2, 0.25) is 5.88 Å². The molecule has 6 fully saturated rings. The van der Waals surface area contributed by atoms with Crippen LogP contribution in [0.1, 0.15) is 106 Å². The first-order valence-corrected chi connectivity index (χ1v) is 32.8. The number of fused-ring (bicyclic) bond motifs is 3. The summed E-state index contributed by atoms with van der Waals surface area (Å²) in [6.07, 6.45) is 10.7. The number of aromatic nitrogens is 3. The Hall–Kier alpha value is -7.28. The number of piperazine rings is 1. The fourth-order valence-electron chi connectivity index (χ4n) is 14.7. The number of nitrogens with zero attached hydrogens (tertiary/aromatic N) is 8. The van der Waals surface area contributed by atoms with Gasteiger partial charge in [0.25, 0.3) is 21.6 Å². The molecule has 2 saturated carbocycles. The third kappa shape index (κ3) is 12.2. The monoisotopic (exact) mass is 1220 g/mol. The number of sulfonamides is 1. The Bertz CT molecular complexity index is 3650. The molecule has 13 rings (SSSR count). The van der Waals surface area contributed by atoms with E-state index in [2.05, 4.69) is 83.7 Å². The number of aliphatic hydroxyl groups is 1. The second kappa shape index (κ2) is 24.6. The van der Waals surface area contributed by atoms with Gasteiger partial charge in [-0.3, -0.25) is 24.7 Å². The Labute approximate surface area is 514 Å². The summed E-state index contributed by atoms with van der Waals surface area (Å²) in [6.45, 7) is 14.9. The zero-order valence-corrected chi connectivity index (χ0v) is 51.5. The summed E-state index contributed by atoms with van der Waals surface area (Å²) < 4.78 is 61.8. The number of pyridine rings is 2. The molecule has 0 radical (unpaired) electrons. The van der Waals surface area contributed by atoms with Crippen molar-refractivity contribution in [3.05, 3.63) is 118 Å². The number of benzene rings is 3. The van der Waals surface area contributed by atoms with Crippen LogP contribution < -0.4 is 38.9 Å². The van der Waals surface area contributed by atoms with Crippen molar-refractivity contribution in [2.45, 2.75) is 126 Å². The zero-order valence-electron chi connectivity index (χ0n) is 50.7. The van der Waals surface area contributed by atoms with E-state index in [4.69, 9.17) is 33.7 Å². The Morgan fingerprint density at radius 1 is 0.909 bits per heavy atom. The normalized spacial score (nSPS) is 24.3. The number of hydrogen-bond acceptors (Lipinski definition) is 19. The molecule has 468 valence electrons. The second-order valence-electron chi connectivity index (χ2n) is 25.7. The van der Waals surface area contributed by atoms with E-state index in [-0.39, 0.29) is 47.4 Å². The maximum Gasteiger partial charge on any atom is 0.293 e. The maximum atomic E-state index is 14.9. The lowest BCUT2D eigenvalue weighted by Crippen LogP contribution is -2.59. The minimum Gasteiger partial charge on any atom is -0.493 e. The van der Waals surface area contributed by atoms with Gasteiger partial charge in [-0.1, -0.05) is 18.2 Å². The number of nitro benzene ring substituents is 1. The van der Waals surface area contributed by atoms with Gasteiger partial charge in [-0.05, 0) is 144 Å². The Morgan fingerprint density at radius 2 is 1.70 bits per heavy atom. The van der Waals surface area contributed by atoms with Crippen LogP contribution in [0.3, 0.4) is 0 Å². The van der Waals surface area contributed by atoms with E-state index >= 15 is 0 Å². The largest absolute Gasteiger partial charge is 0.493 e. The average molecular weight is 1220 g/mol. The molecule has 2 aliphatic carbocycles. The van der Waals surface area contributed by atoms with E-state index in [1.807, 2.05) is 43.6 Å². The number of para-hydroxylation sites is 1. The van der Waals surface area contributed by atoms with Crippen LogP contribution in [0.25, 0.3) is 11.0 Å². The lowest BCUT2D eigenvalue weighted by molar-refractivity contribution is -0.384. The predicted octanol–water partition coefficient (Wildman–Crippen LogP) is 8.97. The summed E-state index contributed by atoms with van der Waals surface area (Å²) >= 11 is 0. The van der Waals surface area contributed by atoms with Gasteiger partial charge < -0.3 is 53.8 Å². The summed E-state index contributed by atoms with van der Waals surface area (Å²) in [7, 11) is -2.92. The average Bonchev–Trinajstić information content (AvgIpc) is 1.22. The summed E-state index contributed by atoms with van der Waals surface area (Å²) in [4.78, 5) is 51.2. The number of methoxy groups -OCH3 is 1. The van der Waals surface area contributed by atoms with E-state index < -0.39 is 43.1 Å². The number of H-pyrrole nitrogens is 1. The highest BCUT2D eigenvalue weighted by molar-refractivity contribution is 7.90. The molecule has 22 nitrogen and oxygen atoms in total. The molecule has 4 saturated heterocycles. The molecule has 1 spiro atoms. The molecular weight excluding hydrogens is 1140 g/mol. The van der Waals surface area contributed by atoms with Gasteiger partial charge in [0.05, 0.1) is 71.8 Å². The van der Waals surface area contributed by atoms with Crippen molar-refractivity contribution >= 4 is 61.2 Å². The molecule has 1 amide bonds. The molecule has 3 atom stereocenters. The van der Waals surface area contributed by atoms with Crippen molar-refractivity contribution in [1.29, 1.82) is 0 Å². The number of nitro groups is 1. The molecular formula is C65H81N11O11S. The number of aromatic amines is 1. The lowest BCUT2D eigenvalue weighted by Gasteiger charge is -2.58. The quantitative estimate of drug-likeness (QED) is 0.0492. The van der Waals surface area contributed by atoms with Crippen molar-refractivity contribution in [3.63, 3.8) is 0 Å². The van der Waals surface area contributed by atoms with Crippen LogP contribution >= 0.6 is 0 Å². The molecule has 88 heavy (non-hydrogen) atoms. The van der Waals surface area contributed by atoms with Crippen LogP contribution in [0.4, 0.5) is 34.3 Å². The molecule has 5 aliphatic heterocycles. The number of amides is 1. The fourth-order valence-corrected chi connectivity index (χ4v) is 15.7. The molecule has 0 unspecified atom stereocenters. The highest BCUT2D eigenvalue weighted by Gasteiger charge is 2.51. The molecule has 7 aliphatic rings. The van der Waals surface area contributed by atoms with Crippen molar-refractivity contribution in [3.8, 4) is 17.4 Å². The van der Waals surface area contributed by atoms with Crippen LogP contribution in [0.5, 0.6) is 17.4 Å². The first-order chi connectivity index (χ1) is 42.5. The Balaban J connectivity index is 0.750. The summed E-state index contributed by atoms with van der Waals surface area (Å²) in [6, 6.07) is 23.9. The molecule has 3 aromatic carbocycles. The molecule has 0 bridgehead atoms. The van der Waals surface area contributed by atoms with Crippen LogP contribution in [-0.2, 0) is 26.0 Å². The van der Waals surface area contributed by atoms with Gasteiger partial charge in [0.15, 0.2) is 11.6 Å². The first kappa shape index (κ1) is 59.7. The van der Waals surface area contributed by atoms with Crippen LogP contribution in [0, 0.1) is 21.4 Å². The third-order valence-corrected chi connectivity index (χ3v) is 20.9. The van der Waals surface area contributed by atoms with Crippen molar-refractivity contribution in [2.24, 2.45) is 11.3 Å². The van der Waals surface area contributed by atoms with E-state index in [9.17, 15) is 28.4 Å². The number of ether oxygens (including phenoxy) is 5. The van der Waals surface area contributed by atoms with E-state index in [0.717, 1.165) is 131 Å². The first-order valence-electron chi connectivity index (χ1n) is 31.3. The molecule has 23 heteroatoms. The minimum atomic E-state index is -4.66. The number of anilines is 5. The standard InChI is InChI=1S/C65H81N11O11S/c1-42(2)86-57-8-6-5-7-49(57)56-40-71(39-45-16-23-67-61(59(45)83-4)73-28-31-84-32-29-73)26-27-74(56)47-36-65(37-47)20-24-72(25-21-65)46-9-11-50(53(34-46)75-52-17-30-85-41-58(52)87-63-55(75)33-44-15-22-66-60(44)69-63)62(77)70-88(81,82)48-10-12-51(54(35-48)76(79)80)68-38-43-13-18-64(3,78)19-14-43/h5-12,15-16,22-23,33-35,42-43,47,52,56,58,68,78H,13-14,17-21,24-32,36-41H2,1-4H3,(H,66,69)(H,70,77)/t43?,52-,56+,58-,64?/m0/s1. The molecule has 6 aromatic rings. The Kier molecular flexibility index (Phi) is 16.7. The van der Waals surface area contributed by atoms with Crippen LogP contribution in [-0.4, -0.2) is 165 Å². The number of hydrogen-bond donors (Lipinski definition) is 4. The smallest absolute Gasteiger partial charge is 0.293 e. The van der Waals surface area contributed by atoms with E-state index in [1.165, 1.54) is 17.7 Å². The van der Waals surface area contributed by atoms with Gasteiger partial charge in [0.1, 0.15) is 28.9 Å². The second-order valence-corrected chi connectivity index (χ2v) is 27.4. The third-order valence-electron chi connectivity index (χ3n) is 19.6. The topological polar surface area (TPSA) is 243 Å². The van der Waals surface area contributed by atoms with E-state index in [0.29, 0.717) is 74.6 Å². The van der Waals surface area contributed by atoms with Crippen molar-refractivity contribution in [2.75, 3.05) is 106 Å². The number of morpholine rings is 1. The zero-order chi connectivity index (χ0) is 60.9. The Morgan fingerprint density at radius 3 is 2.48 bits per heavy atom. The van der Waals surface area contributed by atoms with Gasteiger partial charge in [-0.15, -0.1) is 0 Å². The number of nitrogens with one attached hydrogen (secondary N) is 3. The number of piperidine rings is 1. The van der Waals surface area contributed by atoms with Crippen LogP contribution in [0.15, 0.2) is 96.2 Å². The number of rotatable bonds is 17. The van der Waals surface area contributed by atoms with Gasteiger partial charge >= 0.3 is 0 Å². The van der Waals surface area contributed by atoms with Gasteiger partial charge in [-0.25, -0.2) is 18.1 Å². The molecule has 4 N–H and O–H groups in total. The summed E-state index contributed by atoms with van der Waals surface area (Å²) in [5.74, 6) is 2.26. The summed E-state index contributed by atoms with van der Waals surface area (Å²) in [5, 5.41) is 26.9. The van der Waals surface area contributed by atoms with Gasteiger partial charge in [-0.2, -0.15) is 4.98 Å². The summed E-state index contributed by atoms with van der Waals surface area (Å²) in [5.41, 5.74) is 4.23. The highest BCUT2D eigenvalue weighted by Crippen LogP contribution is 2.54. The fraction of sp³-hybridized carbons (Fsp3) is 0.523. The van der Waals surface area contributed by atoms with Gasteiger partial charge in [0, 0.05) is 112 Å². The predicted molar refractivity (Wildman–Crippen MR) is 335 cm³/mol.